The molecule has 0 aromatic heterocycles. The van der Waals surface area contributed by atoms with Gasteiger partial charge in [-0.05, 0) is 30.0 Å². The second-order valence-corrected chi connectivity index (χ2v) is 4.87. The molecule has 1 heterocycles. The minimum atomic E-state index is 0.0715. The monoisotopic (exact) mass is 248 g/mol. The number of ether oxygens (including phenoxy) is 1. The van der Waals surface area contributed by atoms with Crippen LogP contribution in [0.15, 0.2) is 24.3 Å². The van der Waals surface area contributed by atoms with Crippen molar-refractivity contribution in [2.45, 2.75) is 19.9 Å². The van der Waals surface area contributed by atoms with Crippen LogP contribution < -0.4 is 10.5 Å². The van der Waals surface area contributed by atoms with Gasteiger partial charge in [-0.2, -0.15) is 0 Å². The Balaban J connectivity index is 1.81. The molecule has 1 amide bonds. The van der Waals surface area contributed by atoms with Gasteiger partial charge in [-0.25, -0.2) is 0 Å². The molecule has 0 spiro atoms. The minimum Gasteiger partial charge on any atom is -0.484 e. The zero-order chi connectivity index (χ0) is 13.0. The van der Waals surface area contributed by atoms with Crippen LogP contribution in [-0.4, -0.2) is 30.5 Å². The first-order valence-corrected chi connectivity index (χ1v) is 6.38. The van der Waals surface area contributed by atoms with Crippen molar-refractivity contribution in [3.05, 3.63) is 29.8 Å². The first kappa shape index (κ1) is 12.9. The van der Waals surface area contributed by atoms with E-state index in [1.807, 2.05) is 29.2 Å². The number of carbonyl (C=O) groups excluding carboxylic acids is 1. The first-order chi connectivity index (χ1) is 8.69. The molecule has 2 rings (SSSR count). The molecule has 2 N–H and O–H groups in total. The molecule has 1 aromatic carbocycles. The molecule has 0 radical (unpaired) electrons. The number of nitrogens with two attached hydrogens (primary N) is 1. The van der Waals surface area contributed by atoms with Crippen LogP contribution in [0.4, 0.5) is 0 Å². The normalized spacial score (nSPS) is 19.0. The van der Waals surface area contributed by atoms with E-state index in [9.17, 15) is 4.79 Å². The van der Waals surface area contributed by atoms with Gasteiger partial charge in [0.25, 0.3) is 5.91 Å². The van der Waals surface area contributed by atoms with Gasteiger partial charge in [-0.15, -0.1) is 0 Å². The number of nitrogens with zero attached hydrogens (tertiary/aromatic N) is 1. The predicted octanol–water partition coefficient (Wildman–Crippen LogP) is 1.39. The van der Waals surface area contributed by atoms with E-state index in [0.29, 0.717) is 18.2 Å². The van der Waals surface area contributed by atoms with Crippen LogP contribution in [0, 0.1) is 5.92 Å². The molecule has 1 aliphatic heterocycles. The van der Waals surface area contributed by atoms with Crippen LogP contribution in [0.2, 0.25) is 0 Å². The number of hydrogen-bond donors (Lipinski definition) is 1. The van der Waals surface area contributed by atoms with Crippen molar-refractivity contribution in [3.8, 4) is 5.75 Å². The summed E-state index contributed by atoms with van der Waals surface area (Å²) in [5.41, 5.74) is 6.57. The number of hydrogen-bond acceptors (Lipinski definition) is 3. The maximum absolute atomic E-state index is 11.9. The van der Waals surface area contributed by atoms with Crippen LogP contribution in [0.1, 0.15) is 18.9 Å². The summed E-state index contributed by atoms with van der Waals surface area (Å²) >= 11 is 0. The highest BCUT2D eigenvalue weighted by Crippen LogP contribution is 2.16. The quantitative estimate of drug-likeness (QED) is 0.876. The number of likely N-dealkylation sites (tertiary alicyclic amines) is 1. The molecule has 0 bridgehead atoms. The minimum absolute atomic E-state index is 0.0715. The average Bonchev–Trinajstić information content (AvgIpc) is 2.83. The summed E-state index contributed by atoms with van der Waals surface area (Å²) in [4.78, 5) is 13.7. The van der Waals surface area contributed by atoms with E-state index in [-0.39, 0.29) is 12.5 Å². The van der Waals surface area contributed by atoms with Gasteiger partial charge in [0.2, 0.25) is 0 Å². The van der Waals surface area contributed by atoms with Crippen LogP contribution in [-0.2, 0) is 11.3 Å². The molecule has 4 nitrogen and oxygen atoms in total. The SMILES string of the molecule is CC1CCN(C(=O)COc2ccc(CN)cc2)C1. The fourth-order valence-corrected chi connectivity index (χ4v) is 2.12. The maximum Gasteiger partial charge on any atom is 0.260 e. The molecule has 4 heteroatoms. The molecule has 0 saturated carbocycles. The van der Waals surface area contributed by atoms with Crippen molar-refractivity contribution in [1.82, 2.24) is 4.90 Å². The van der Waals surface area contributed by atoms with Crippen LogP contribution >= 0.6 is 0 Å². The number of amides is 1. The Morgan fingerprint density at radius 1 is 1.44 bits per heavy atom. The average molecular weight is 248 g/mol. The summed E-state index contributed by atoms with van der Waals surface area (Å²) in [6.07, 6.45) is 1.09. The Morgan fingerprint density at radius 2 is 2.17 bits per heavy atom. The molecule has 1 aromatic rings. The van der Waals surface area contributed by atoms with E-state index < -0.39 is 0 Å². The lowest BCUT2D eigenvalue weighted by Crippen LogP contribution is -2.32. The highest BCUT2D eigenvalue weighted by atomic mass is 16.5. The van der Waals surface area contributed by atoms with Crippen molar-refractivity contribution in [1.29, 1.82) is 0 Å². The summed E-state index contributed by atoms with van der Waals surface area (Å²) in [6.45, 7) is 4.52. The predicted molar refractivity (Wildman–Crippen MR) is 70.2 cm³/mol. The van der Waals surface area contributed by atoms with Gasteiger partial charge < -0.3 is 15.4 Å². The Labute approximate surface area is 108 Å². The third kappa shape index (κ3) is 3.23. The third-order valence-corrected chi connectivity index (χ3v) is 3.30. The molecule has 1 atom stereocenters. The number of rotatable bonds is 4. The zero-order valence-corrected chi connectivity index (χ0v) is 10.8. The molecule has 1 aliphatic rings. The van der Waals surface area contributed by atoms with Crippen molar-refractivity contribution in [2.75, 3.05) is 19.7 Å². The maximum atomic E-state index is 11.9. The van der Waals surface area contributed by atoms with Crippen LogP contribution in [0.25, 0.3) is 0 Å². The fourth-order valence-electron chi connectivity index (χ4n) is 2.12. The molecular formula is C14H20N2O2. The van der Waals surface area contributed by atoms with E-state index in [1.165, 1.54) is 0 Å². The van der Waals surface area contributed by atoms with E-state index >= 15 is 0 Å². The summed E-state index contributed by atoms with van der Waals surface area (Å²) < 4.78 is 5.48. The zero-order valence-electron chi connectivity index (χ0n) is 10.8. The van der Waals surface area contributed by atoms with Crippen molar-refractivity contribution >= 4 is 5.91 Å². The van der Waals surface area contributed by atoms with Crippen LogP contribution in [0.3, 0.4) is 0 Å². The van der Waals surface area contributed by atoms with Gasteiger partial charge in [-0.1, -0.05) is 19.1 Å². The number of benzene rings is 1. The highest BCUT2D eigenvalue weighted by molar-refractivity contribution is 5.78. The summed E-state index contributed by atoms with van der Waals surface area (Å²) in [6, 6.07) is 7.53. The largest absolute Gasteiger partial charge is 0.484 e. The Kier molecular flexibility index (Phi) is 4.20. The Bertz CT molecular complexity index is 403. The lowest BCUT2D eigenvalue weighted by Gasteiger charge is -2.16. The molecule has 1 fully saturated rings. The Hall–Kier alpha value is -1.55. The number of carbonyl (C=O) groups is 1. The van der Waals surface area contributed by atoms with Crippen molar-refractivity contribution < 1.29 is 9.53 Å². The smallest absolute Gasteiger partial charge is 0.260 e. The third-order valence-electron chi connectivity index (χ3n) is 3.30. The fraction of sp³-hybridized carbons (Fsp3) is 0.500. The van der Waals surface area contributed by atoms with Gasteiger partial charge in [0.15, 0.2) is 6.61 Å². The summed E-state index contributed by atoms with van der Waals surface area (Å²) in [5, 5.41) is 0. The summed E-state index contributed by atoms with van der Waals surface area (Å²) in [7, 11) is 0. The van der Waals surface area contributed by atoms with Gasteiger partial charge in [0.1, 0.15) is 5.75 Å². The lowest BCUT2D eigenvalue weighted by molar-refractivity contribution is -0.132. The topological polar surface area (TPSA) is 55.6 Å². The van der Waals surface area contributed by atoms with Gasteiger partial charge in [0, 0.05) is 19.6 Å². The molecule has 0 aliphatic carbocycles. The van der Waals surface area contributed by atoms with Gasteiger partial charge >= 0.3 is 0 Å². The highest BCUT2D eigenvalue weighted by Gasteiger charge is 2.23. The molecule has 98 valence electrons. The standard InChI is InChI=1S/C14H20N2O2/c1-11-6-7-16(9-11)14(17)10-18-13-4-2-12(8-15)3-5-13/h2-5,11H,6-10,15H2,1H3. The molecular weight excluding hydrogens is 228 g/mol. The second-order valence-electron chi connectivity index (χ2n) is 4.87. The first-order valence-electron chi connectivity index (χ1n) is 6.38. The Morgan fingerprint density at radius 3 is 2.72 bits per heavy atom. The molecule has 18 heavy (non-hydrogen) atoms. The van der Waals surface area contributed by atoms with Crippen LogP contribution in [0.5, 0.6) is 5.75 Å². The van der Waals surface area contributed by atoms with E-state index in [0.717, 1.165) is 25.1 Å². The van der Waals surface area contributed by atoms with Gasteiger partial charge in [0.05, 0.1) is 0 Å². The van der Waals surface area contributed by atoms with E-state index in [2.05, 4.69) is 6.92 Å². The van der Waals surface area contributed by atoms with E-state index in [1.54, 1.807) is 0 Å². The molecule has 1 saturated heterocycles. The summed E-state index contributed by atoms with van der Waals surface area (Å²) in [5.74, 6) is 1.40. The molecule has 1 unspecified atom stereocenters. The lowest BCUT2D eigenvalue weighted by atomic mass is 10.2. The van der Waals surface area contributed by atoms with Gasteiger partial charge in [-0.3, -0.25) is 4.79 Å². The van der Waals surface area contributed by atoms with Crippen molar-refractivity contribution in [3.63, 3.8) is 0 Å². The van der Waals surface area contributed by atoms with Crippen molar-refractivity contribution in [2.24, 2.45) is 11.7 Å². The van der Waals surface area contributed by atoms with E-state index in [4.69, 9.17) is 10.5 Å². The second kappa shape index (κ2) is 5.87.